The van der Waals surface area contributed by atoms with Crippen LogP contribution in [0.25, 0.3) is 16.9 Å². The molecule has 1 amide bonds. The van der Waals surface area contributed by atoms with E-state index >= 15 is 0 Å². The molecule has 2 N–H and O–H groups in total. The Kier molecular flexibility index (Phi) is 4.61. The maximum absolute atomic E-state index is 12.7. The number of pyridine rings is 1. The number of nitrogens with one attached hydrogen (secondary N) is 2. The summed E-state index contributed by atoms with van der Waals surface area (Å²) in [5.41, 5.74) is 4.39. The van der Waals surface area contributed by atoms with E-state index in [0.29, 0.717) is 17.9 Å². The molecule has 0 saturated carbocycles. The molecule has 3 aromatic heterocycles. The number of ether oxygens (including phenoxy) is 1. The molecule has 0 spiro atoms. The van der Waals surface area contributed by atoms with E-state index in [1.165, 1.54) is 10.6 Å². The Morgan fingerprint density at radius 1 is 1.20 bits per heavy atom. The summed E-state index contributed by atoms with van der Waals surface area (Å²) in [4.78, 5) is 33.7. The van der Waals surface area contributed by atoms with Gasteiger partial charge in [0.25, 0.3) is 11.5 Å². The van der Waals surface area contributed by atoms with Crippen LogP contribution in [0.2, 0.25) is 0 Å². The summed E-state index contributed by atoms with van der Waals surface area (Å²) < 4.78 is 7.07. The van der Waals surface area contributed by atoms with Crippen LogP contribution in [0.5, 0.6) is 0 Å². The molecule has 8 heteroatoms. The van der Waals surface area contributed by atoms with E-state index in [2.05, 4.69) is 20.4 Å². The second kappa shape index (κ2) is 7.57. The van der Waals surface area contributed by atoms with Gasteiger partial charge in [-0.3, -0.25) is 19.7 Å². The molecule has 8 nitrogen and oxygen atoms in total. The minimum atomic E-state index is -0.648. The van der Waals surface area contributed by atoms with Crippen molar-refractivity contribution in [1.82, 2.24) is 24.9 Å². The Hall–Kier alpha value is -3.78. The normalized spacial score (nSPS) is 15.7. The van der Waals surface area contributed by atoms with Gasteiger partial charge in [-0.15, -0.1) is 0 Å². The van der Waals surface area contributed by atoms with Gasteiger partial charge < -0.3 is 10.1 Å². The number of carbonyl (C=O) groups is 1. The molecule has 1 aliphatic heterocycles. The highest BCUT2D eigenvalue weighted by atomic mass is 16.5. The number of benzene rings is 1. The minimum absolute atomic E-state index is 0.141. The van der Waals surface area contributed by atoms with Gasteiger partial charge in [-0.25, -0.2) is 9.50 Å². The monoisotopic (exact) mass is 401 g/mol. The van der Waals surface area contributed by atoms with Crippen molar-refractivity contribution in [3.8, 4) is 11.3 Å². The van der Waals surface area contributed by atoms with Gasteiger partial charge in [-0.1, -0.05) is 24.3 Å². The molecular weight excluding hydrogens is 382 g/mol. The van der Waals surface area contributed by atoms with Crippen LogP contribution < -0.4 is 10.9 Å². The third-order valence-corrected chi connectivity index (χ3v) is 5.17. The van der Waals surface area contributed by atoms with Crippen LogP contribution >= 0.6 is 0 Å². The second-order valence-corrected chi connectivity index (χ2v) is 7.10. The van der Waals surface area contributed by atoms with Gasteiger partial charge in [0, 0.05) is 30.1 Å². The molecule has 5 rings (SSSR count). The molecule has 150 valence electrons. The Morgan fingerprint density at radius 2 is 2.03 bits per heavy atom. The highest BCUT2D eigenvalue weighted by Crippen LogP contribution is 2.27. The van der Waals surface area contributed by atoms with Gasteiger partial charge in [0.2, 0.25) is 0 Å². The summed E-state index contributed by atoms with van der Waals surface area (Å²) in [7, 11) is 0. The maximum Gasteiger partial charge on any atom is 0.272 e. The van der Waals surface area contributed by atoms with Crippen molar-refractivity contribution in [2.75, 3.05) is 6.61 Å². The molecule has 1 unspecified atom stereocenters. The number of rotatable bonds is 4. The van der Waals surface area contributed by atoms with Crippen molar-refractivity contribution >= 4 is 11.6 Å². The molecular formula is C22H19N5O3. The average Bonchev–Trinajstić information content (AvgIpc) is 3.23. The molecule has 0 aliphatic carbocycles. The van der Waals surface area contributed by atoms with Crippen LogP contribution in [-0.4, -0.2) is 32.1 Å². The Labute approximate surface area is 171 Å². The second-order valence-electron chi connectivity index (χ2n) is 7.10. The average molecular weight is 401 g/mol. The summed E-state index contributed by atoms with van der Waals surface area (Å²) in [6.07, 6.45) is 3.51. The third-order valence-electron chi connectivity index (χ3n) is 5.17. The van der Waals surface area contributed by atoms with Gasteiger partial charge >= 0.3 is 0 Å². The molecule has 4 aromatic rings. The number of aromatic amines is 1. The fourth-order valence-electron chi connectivity index (χ4n) is 3.69. The number of fused-ring (bicyclic) bond motifs is 2. The quantitative estimate of drug-likeness (QED) is 0.545. The van der Waals surface area contributed by atoms with Crippen molar-refractivity contribution in [3.63, 3.8) is 0 Å². The van der Waals surface area contributed by atoms with E-state index in [0.717, 1.165) is 28.8 Å². The summed E-state index contributed by atoms with van der Waals surface area (Å²) in [6, 6.07) is 14.7. The first-order valence-electron chi connectivity index (χ1n) is 9.68. The van der Waals surface area contributed by atoms with Gasteiger partial charge in [0.1, 0.15) is 0 Å². The molecule has 1 aliphatic rings. The van der Waals surface area contributed by atoms with E-state index in [4.69, 9.17) is 4.74 Å². The molecule has 1 aromatic carbocycles. The fraction of sp³-hybridized carbons (Fsp3) is 0.182. The van der Waals surface area contributed by atoms with Crippen molar-refractivity contribution in [1.29, 1.82) is 0 Å². The number of carbonyl (C=O) groups excluding carboxylic acids is 1. The highest BCUT2D eigenvalue weighted by Gasteiger charge is 2.27. The number of nitrogens with zero attached hydrogens (tertiary/aromatic N) is 3. The Balaban J connectivity index is 1.36. The Bertz CT molecular complexity index is 1280. The smallest absolute Gasteiger partial charge is 0.272 e. The lowest BCUT2D eigenvalue weighted by Gasteiger charge is -2.25. The first kappa shape index (κ1) is 18.3. The molecule has 0 fully saturated rings. The van der Waals surface area contributed by atoms with Crippen molar-refractivity contribution < 1.29 is 9.53 Å². The van der Waals surface area contributed by atoms with Crippen LogP contribution in [0.4, 0.5) is 0 Å². The molecule has 1 atom stereocenters. The zero-order valence-electron chi connectivity index (χ0n) is 16.0. The summed E-state index contributed by atoms with van der Waals surface area (Å²) in [6.45, 7) is 0.643. The Morgan fingerprint density at radius 3 is 2.90 bits per heavy atom. The first-order valence-corrected chi connectivity index (χ1v) is 9.68. The molecule has 0 bridgehead atoms. The lowest BCUT2D eigenvalue weighted by molar-refractivity contribution is -0.134. The third kappa shape index (κ3) is 3.37. The van der Waals surface area contributed by atoms with Crippen LogP contribution in [0, 0.1) is 0 Å². The van der Waals surface area contributed by atoms with Crippen molar-refractivity contribution in [2.24, 2.45) is 0 Å². The topological polar surface area (TPSA) is 101 Å². The minimum Gasteiger partial charge on any atom is -0.363 e. The SMILES string of the molecule is O=C(NCc1cc(=O)n2[nH]c(-c3ccncc3)cc2n1)C1OCCc2ccccc21. The van der Waals surface area contributed by atoms with Crippen molar-refractivity contribution in [3.05, 3.63) is 88.1 Å². The molecule has 0 saturated heterocycles. The summed E-state index contributed by atoms with van der Waals surface area (Å²) in [5.74, 6) is -0.240. The van der Waals surface area contributed by atoms with E-state index in [1.54, 1.807) is 18.5 Å². The number of hydrogen-bond acceptors (Lipinski definition) is 5. The van der Waals surface area contributed by atoms with E-state index in [-0.39, 0.29) is 18.0 Å². The number of aromatic nitrogens is 4. The lowest BCUT2D eigenvalue weighted by Crippen LogP contribution is -2.34. The van der Waals surface area contributed by atoms with Crippen LogP contribution in [0.3, 0.4) is 0 Å². The molecule has 4 heterocycles. The zero-order valence-corrected chi connectivity index (χ0v) is 16.0. The van der Waals surface area contributed by atoms with Crippen molar-refractivity contribution in [2.45, 2.75) is 19.1 Å². The van der Waals surface area contributed by atoms with E-state index in [9.17, 15) is 9.59 Å². The fourth-order valence-corrected chi connectivity index (χ4v) is 3.69. The number of hydrogen-bond donors (Lipinski definition) is 2. The maximum atomic E-state index is 12.7. The van der Waals surface area contributed by atoms with Gasteiger partial charge in [0.05, 0.1) is 24.5 Å². The predicted octanol–water partition coefficient (Wildman–Crippen LogP) is 2.01. The molecule has 30 heavy (non-hydrogen) atoms. The highest BCUT2D eigenvalue weighted by molar-refractivity contribution is 5.82. The predicted molar refractivity (Wildman–Crippen MR) is 110 cm³/mol. The van der Waals surface area contributed by atoms with Gasteiger partial charge in [-0.2, -0.15) is 0 Å². The number of amides is 1. The lowest BCUT2D eigenvalue weighted by atomic mass is 9.97. The van der Waals surface area contributed by atoms with Crippen LogP contribution in [0.1, 0.15) is 22.9 Å². The van der Waals surface area contributed by atoms with E-state index < -0.39 is 6.10 Å². The first-order chi connectivity index (χ1) is 14.7. The van der Waals surface area contributed by atoms with Crippen LogP contribution in [0.15, 0.2) is 65.7 Å². The number of H-pyrrole nitrogens is 1. The van der Waals surface area contributed by atoms with Crippen LogP contribution in [-0.2, 0) is 22.5 Å². The van der Waals surface area contributed by atoms with E-state index in [1.807, 2.05) is 36.4 Å². The summed E-state index contributed by atoms with van der Waals surface area (Å²) >= 11 is 0. The standard InChI is InChI=1S/C22H19N5O3/c28-20-11-16(25-19-12-18(26-27(19)20)15-5-8-23-9-6-15)13-24-22(29)21-17-4-2-1-3-14(17)7-10-30-21/h1-6,8-9,11-12,21,26H,7,10,13H2,(H,24,29). The van der Waals surface area contributed by atoms with Gasteiger partial charge in [-0.05, 0) is 29.7 Å². The van der Waals surface area contributed by atoms with Gasteiger partial charge in [0.15, 0.2) is 11.8 Å². The zero-order chi connectivity index (χ0) is 20.5. The summed E-state index contributed by atoms with van der Waals surface area (Å²) in [5, 5.41) is 5.89. The largest absolute Gasteiger partial charge is 0.363 e. The molecule has 0 radical (unpaired) electrons.